The van der Waals surface area contributed by atoms with Crippen LogP contribution in [0.5, 0.6) is 0 Å². The quantitative estimate of drug-likeness (QED) is 0.740. The number of aromatic carboxylic acids is 1. The van der Waals surface area contributed by atoms with Crippen molar-refractivity contribution in [2.45, 2.75) is 19.4 Å². The number of carboxylic acids is 1. The molecule has 0 radical (unpaired) electrons. The number of amides is 2. The van der Waals surface area contributed by atoms with E-state index < -0.39 is 5.97 Å². The largest absolute Gasteiger partial charge is 0.478 e. The van der Waals surface area contributed by atoms with Crippen LogP contribution in [-0.4, -0.2) is 23.7 Å². The van der Waals surface area contributed by atoms with Gasteiger partial charge in [0, 0.05) is 13.1 Å². The average molecular weight is 248 g/mol. The molecule has 0 bridgehead atoms. The second-order valence-corrected chi connectivity index (χ2v) is 4.51. The SMILES string of the molecule is O=C(NCc1cccc(C(=O)O)c1)NCC1CC1. The van der Waals surface area contributed by atoms with Crippen LogP contribution >= 0.6 is 0 Å². The molecule has 1 aromatic rings. The lowest BCUT2D eigenvalue weighted by molar-refractivity contribution is 0.0696. The first-order valence-corrected chi connectivity index (χ1v) is 5.99. The van der Waals surface area contributed by atoms with Crippen LogP contribution in [0.25, 0.3) is 0 Å². The maximum absolute atomic E-state index is 11.4. The lowest BCUT2D eigenvalue weighted by atomic mass is 10.1. The Hall–Kier alpha value is -2.04. The number of rotatable bonds is 5. The number of nitrogens with one attached hydrogen (secondary N) is 2. The highest BCUT2D eigenvalue weighted by Gasteiger charge is 2.21. The van der Waals surface area contributed by atoms with E-state index in [-0.39, 0.29) is 11.6 Å². The van der Waals surface area contributed by atoms with Gasteiger partial charge in [-0.05, 0) is 36.5 Å². The van der Waals surface area contributed by atoms with Crippen LogP contribution in [0.3, 0.4) is 0 Å². The van der Waals surface area contributed by atoms with Gasteiger partial charge < -0.3 is 15.7 Å². The Morgan fingerprint density at radius 1 is 1.28 bits per heavy atom. The van der Waals surface area contributed by atoms with Crippen molar-refractivity contribution in [3.05, 3.63) is 35.4 Å². The average Bonchev–Trinajstić information content (AvgIpc) is 3.18. The first-order chi connectivity index (χ1) is 8.65. The second-order valence-electron chi connectivity index (χ2n) is 4.51. The molecule has 1 aliphatic carbocycles. The second kappa shape index (κ2) is 5.53. The van der Waals surface area contributed by atoms with Crippen LogP contribution < -0.4 is 10.6 Å². The maximum Gasteiger partial charge on any atom is 0.335 e. The predicted octanol–water partition coefficient (Wildman–Crippen LogP) is 1.59. The van der Waals surface area contributed by atoms with E-state index in [1.807, 2.05) is 0 Å². The summed E-state index contributed by atoms with van der Waals surface area (Å²) in [6.07, 6.45) is 2.39. The normalized spacial score (nSPS) is 14.0. The number of carbonyl (C=O) groups is 2. The van der Waals surface area contributed by atoms with Crippen LogP contribution in [0.4, 0.5) is 4.79 Å². The zero-order chi connectivity index (χ0) is 13.0. The predicted molar refractivity (Wildman–Crippen MR) is 66.4 cm³/mol. The Labute approximate surface area is 105 Å². The number of hydrogen-bond acceptors (Lipinski definition) is 2. The van der Waals surface area contributed by atoms with Crippen molar-refractivity contribution in [1.82, 2.24) is 10.6 Å². The molecule has 0 aromatic heterocycles. The molecule has 5 nitrogen and oxygen atoms in total. The van der Waals surface area contributed by atoms with Crippen LogP contribution in [0.1, 0.15) is 28.8 Å². The van der Waals surface area contributed by atoms with Gasteiger partial charge >= 0.3 is 12.0 Å². The van der Waals surface area contributed by atoms with Crippen molar-refractivity contribution in [3.8, 4) is 0 Å². The number of benzene rings is 1. The molecule has 0 saturated heterocycles. The van der Waals surface area contributed by atoms with Gasteiger partial charge in [-0.25, -0.2) is 9.59 Å². The maximum atomic E-state index is 11.4. The van der Waals surface area contributed by atoms with Crippen LogP contribution in [-0.2, 0) is 6.54 Å². The van der Waals surface area contributed by atoms with Gasteiger partial charge in [0.1, 0.15) is 0 Å². The molecule has 1 fully saturated rings. The third-order valence-corrected chi connectivity index (χ3v) is 2.88. The molecule has 2 rings (SSSR count). The molecule has 1 saturated carbocycles. The molecule has 0 aliphatic heterocycles. The molecule has 2 amide bonds. The van der Waals surface area contributed by atoms with Crippen molar-refractivity contribution in [1.29, 1.82) is 0 Å². The van der Waals surface area contributed by atoms with Gasteiger partial charge in [-0.3, -0.25) is 0 Å². The van der Waals surface area contributed by atoms with E-state index >= 15 is 0 Å². The Morgan fingerprint density at radius 2 is 2.06 bits per heavy atom. The van der Waals surface area contributed by atoms with E-state index in [4.69, 9.17) is 5.11 Å². The molecule has 0 unspecified atom stereocenters. The van der Waals surface area contributed by atoms with Crippen molar-refractivity contribution >= 4 is 12.0 Å². The molecule has 0 atom stereocenters. The van der Waals surface area contributed by atoms with Crippen molar-refractivity contribution in [2.75, 3.05) is 6.54 Å². The molecular formula is C13H16N2O3. The molecular weight excluding hydrogens is 232 g/mol. The van der Waals surface area contributed by atoms with Crippen molar-refractivity contribution in [2.24, 2.45) is 5.92 Å². The standard InChI is InChI=1S/C13H16N2O3/c16-12(17)11-3-1-2-10(6-11)8-15-13(18)14-7-9-4-5-9/h1-3,6,9H,4-5,7-8H2,(H,16,17)(H2,14,15,18). The van der Waals surface area contributed by atoms with E-state index in [2.05, 4.69) is 10.6 Å². The minimum absolute atomic E-state index is 0.206. The monoisotopic (exact) mass is 248 g/mol. The summed E-state index contributed by atoms with van der Waals surface area (Å²) < 4.78 is 0. The summed E-state index contributed by atoms with van der Waals surface area (Å²) in [6, 6.07) is 6.33. The summed E-state index contributed by atoms with van der Waals surface area (Å²) in [5, 5.41) is 14.3. The van der Waals surface area contributed by atoms with E-state index in [1.54, 1.807) is 18.2 Å². The lowest BCUT2D eigenvalue weighted by Gasteiger charge is -2.07. The van der Waals surface area contributed by atoms with Crippen LogP contribution in [0, 0.1) is 5.92 Å². The van der Waals surface area contributed by atoms with E-state index in [0.29, 0.717) is 12.5 Å². The zero-order valence-corrected chi connectivity index (χ0v) is 9.98. The van der Waals surface area contributed by atoms with Gasteiger partial charge in [0.25, 0.3) is 0 Å². The number of carbonyl (C=O) groups excluding carboxylic acids is 1. The molecule has 1 aromatic carbocycles. The van der Waals surface area contributed by atoms with E-state index in [1.165, 1.54) is 18.9 Å². The van der Waals surface area contributed by atoms with Gasteiger partial charge in [-0.2, -0.15) is 0 Å². The highest BCUT2D eigenvalue weighted by atomic mass is 16.4. The highest BCUT2D eigenvalue weighted by molar-refractivity contribution is 5.87. The summed E-state index contributed by atoms with van der Waals surface area (Å²) in [6.45, 7) is 1.05. The highest BCUT2D eigenvalue weighted by Crippen LogP contribution is 2.27. The Kier molecular flexibility index (Phi) is 3.82. The molecule has 0 spiro atoms. The first kappa shape index (κ1) is 12.4. The fraction of sp³-hybridized carbons (Fsp3) is 0.385. The molecule has 5 heteroatoms. The third kappa shape index (κ3) is 3.76. The minimum Gasteiger partial charge on any atom is -0.478 e. The van der Waals surface area contributed by atoms with E-state index in [0.717, 1.165) is 12.1 Å². The van der Waals surface area contributed by atoms with Crippen LogP contribution in [0.2, 0.25) is 0 Å². The third-order valence-electron chi connectivity index (χ3n) is 2.88. The fourth-order valence-electron chi connectivity index (χ4n) is 1.62. The first-order valence-electron chi connectivity index (χ1n) is 5.99. The fourth-order valence-corrected chi connectivity index (χ4v) is 1.62. The molecule has 96 valence electrons. The van der Waals surface area contributed by atoms with Gasteiger partial charge in [-0.15, -0.1) is 0 Å². The molecule has 3 N–H and O–H groups in total. The van der Waals surface area contributed by atoms with Gasteiger partial charge in [0.2, 0.25) is 0 Å². The summed E-state index contributed by atoms with van der Waals surface area (Å²) in [7, 11) is 0. The summed E-state index contributed by atoms with van der Waals surface area (Å²) in [4.78, 5) is 22.2. The Morgan fingerprint density at radius 3 is 2.72 bits per heavy atom. The molecule has 18 heavy (non-hydrogen) atoms. The van der Waals surface area contributed by atoms with Crippen molar-refractivity contribution in [3.63, 3.8) is 0 Å². The topological polar surface area (TPSA) is 78.4 Å². The van der Waals surface area contributed by atoms with E-state index in [9.17, 15) is 9.59 Å². The van der Waals surface area contributed by atoms with Gasteiger partial charge in [0.15, 0.2) is 0 Å². The zero-order valence-electron chi connectivity index (χ0n) is 9.98. The van der Waals surface area contributed by atoms with Gasteiger partial charge in [-0.1, -0.05) is 12.1 Å². The van der Waals surface area contributed by atoms with Gasteiger partial charge in [0.05, 0.1) is 5.56 Å². The summed E-state index contributed by atoms with van der Waals surface area (Å²) >= 11 is 0. The van der Waals surface area contributed by atoms with Crippen molar-refractivity contribution < 1.29 is 14.7 Å². The molecule has 0 heterocycles. The summed E-state index contributed by atoms with van der Waals surface area (Å²) in [5.74, 6) is -0.318. The van der Waals surface area contributed by atoms with Crippen LogP contribution in [0.15, 0.2) is 24.3 Å². The Bertz CT molecular complexity index is 455. The number of hydrogen-bond donors (Lipinski definition) is 3. The number of urea groups is 1. The molecule has 1 aliphatic rings. The Balaban J connectivity index is 1.79. The smallest absolute Gasteiger partial charge is 0.335 e. The number of carboxylic acid groups (broad SMARTS) is 1. The summed E-state index contributed by atoms with van der Waals surface area (Å²) in [5.41, 5.74) is 1.00. The minimum atomic E-state index is -0.963. The lowest BCUT2D eigenvalue weighted by Crippen LogP contribution is -2.36.